The number of aliphatic carboxylic acids is 1. The third kappa shape index (κ3) is 3.66. The van der Waals surface area contributed by atoms with E-state index < -0.39 is 18.0 Å². The van der Waals surface area contributed by atoms with Crippen LogP contribution in [0.4, 0.5) is 0 Å². The molecule has 1 aromatic rings. The van der Waals surface area contributed by atoms with Crippen molar-refractivity contribution in [3.05, 3.63) is 35.4 Å². The number of hydrogen-bond donors (Lipinski definition) is 2. The molecular formula is C13H18O3. The average molecular weight is 222 g/mol. The Kier molecular flexibility index (Phi) is 4.50. The van der Waals surface area contributed by atoms with Gasteiger partial charge in [0.2, 0.25) is 0 Å². The SMILES string of the molecule is Cc1ccc(C(CCC(C)O)C(=O)O)cc1. The first-order valence-electron chi connectivity index (χ1n) is 5.48. The number of rotatable bonds is 5. The first-order chi connectivity index (χ1) is 7.50. The summed E-state index contributed by atoms with van der Waals surface area (Å²) in [5.41, 5.74) is 1.92. The Hall–Kier alpha value is -1.35. The lowest BCUT2D eigenvalue weighted by Crippen LogP contribution is -2.14. The van der Waals surface area contributed by atoms with Crippen LogP contribution in [-0.4, -0.2) is 22.3 Å². The van der Waals surface area contributed by atoms with Gasteiger partial charge in [0.1, 0.15) is 0 Å². The van der Waals surface area contributed by atoms with Crippen LogP contribution in [0.1, 0.15) is 36.8 Å². The molecule has 0 aliphatic rings. The van der Waals surface area contributed by atoms with Crippen molar-refractivity contribution in [3.63, 3.8) is 0 Å². The van der Waals surface area contributed by atoms with Crippen molar-refractivity contribution in [2.24, 2.45) is 0 Å². The van der Waals surface area contributed by atoms with Crippen molar-refractivity contribution in [2.75, 3.05) is 0 Å². The van der Waals surface area contributed by atoms with E-state index in [0.717, 1.165) is 11.1 Å². The number of aliphatic hydroxyl groups excluding tert-OH is 1. The number of carboxylic acids is 1. The van der Waals surface area contributed by atoms with Gasteiger partial charge in [-0.25, -0.2) is 0 Å². The highest BCUT2D eigenvalue weighted by atomic mass is 16.4. The van der Waals surface area contributed by atoms with Gasteiger partial charge in [0.15, 0.2) is 0 Å². The van der Waals surface area contributed by atoms with Crippen molar-refractivity contribution in [1.82, 2.24) is 0 Å². The van der Waals surface area contributed by atoms with E-state index in [9.17, 15) is 9.90 Å². The van der Waals surface area contributed by atoms with Crippen LogP contribution in [-0.2, 0) is 4.79 Å². The van der Waals surface area contributed by atoms with Crippen LogP contribution in [0.5, 0.6) is 0 Å². The van der Waals surface area contributed by atoms with Crippen LogP contribution < -0.4 is 0 Å². The van der Waals surface area contributed by atoms with E-state index in [1.54, 1.807) is 6.92 Å². The highest BCUT2D eigenvalue weighted by Gasteiger charge is 2.19. The maximum absolute atomic E-state index is 11.1. The Morgan fingerprint density at radius 2 is 1.81 bits per heavy atom. The maximum Gasteiger partial charge on any atom is 0.310 e. The molecule has 88 valence electrons. The van der Waals surface area contributed by atoms with E-state index in [4.69, 9.17) is 5.11 Å². The van der Waals surface area contributed by atoms with Gasteiger partial charge in [0, 0.05) is 0 Å². The molecule has 3 heteroatoms. The van der Waals surface area contributed by atoms with Gasteiger partial charge in [-0.1, -0.05) is 29.8 Å². The quantitative estimate of drug-likeness (QED) is 0.803. The second-order valence-corrected chi connectivity index (χ2v) is 4.23. The molecule has 3 nitrogen and oxygen atoms in total. The molecule has 16 heavy (non-hydrogen) atoms. The monoisotopic (exact) mass is 222 g/mol. The Morgan fingerprint density at radius 1 is 1.25 bits per heavy atom. The third-order valence-electron chi connectivity index (χ3n) is 2.65. The summed E-state index contributed by atoms with van der Waals surface area (Å²) in [6, 6.07) is 7.51. The third-order valence-corrected chi connectivity index (χ3v) is 2.65. The predicted molar refractivity (Wildman–Crippen MR) is 62.5 cm³/mol. The molecule has 0 saturated heterocycles. The molecule has 2 atom stereocenters. The van der Waals surface area contributed by atoms with Crippen molar-refractivity contribution < 1.29 is 15.0 Å². The minimum atomic E-state index is -0.829. The summed E-state index contributed by atoms with van der Waals surface area (Å²) < 4.78 is 0. The normalized spacial score (nSPS) is 14.4. The molecule has 0 bridgehead atoms. The zero-order valence-electron chi connectivity index (χ0n) is 9.68. The van der Waals surface area contributed by atoms with Crippen LogP contribution in [0.15, 0.2) is 24.3 Å². The van der Waals surface area contributed by atoms with Crippen LogP contribution >= 0.6 is 0 Å². The summed E-state index contributed by atoms with van der Waals surface area (Å²) in [6.07, 6.45) is 0.522. The van der Waals surface area contributed by atoms with Crippen molar-refractivity contribution in [1.29, 1.82) is 0 Å². The van der Waals surface area contributed by atoms with Gasteiger partial charge >= 0.3 is 5.97 Å². The molecule has 1 aromatic carbocycles. The highest BCUT2D eigenvalue weighted by molar-refractivity contribution is 5.76. The molecule has 0 spiro atoms. The number of benzene rings is 1. The molecule has 0 heterocycles. The van der Waals surface area contributed by atoms with Gasteiger partial charge < -0.3 is 10.2 Å². The predicted octanol–water partition coefficient (Wildman–Crippen LogP) is 2.32. The highest BCUT2D eigenvalue weighted by Crippen LogP contribution is 2.22. The number of aryl methyl sites for hydroxylation is 1. The molecule has 0 aliphatic carbocycles. The van der Waals surface area contributed by atoms with Crippen LogP contribution in [0.25, 0.3) is 0 Å². The minimum Gasteiger partial charge on any atom is -0.481 e. The fourth-order valence-corrected chi connectivity index (χ4v) is 1.64. The average Bonchev–Trinajstić information content (AvgIpc) is 2.20. The Labute approximate surface area is 95.7 Å². The van der Waals surface area contributed by atoms with E-state index in [-0.39, 0.29) is 0 Å². The topological polar surface area (TPSA) is 57.5 Å². The molecule has 0 fully saturated rings. The lowest BCUT2D eigenvalue weighted by Gasteiger charge is -2.13. The van der Waals surface area contributed by atoms with E-state index in [2.05, 4.69) is 0 Å². The molecule has 2 unspecified atom stereocenters. The van der Waals surface area contributed by atoms with Crippen molar-refractivity contribution >= 4 is 5.97 Å². The molecule has 0 radical (unpaired) electrons. The van der Waals surface area contributed by atoms with Gasteiger partial charge in [0.25, 0.3) is 0 Å². The van der Waals surface area contributed by atoms with Crippen LogP contribution in [0.2, 0.25) is 0 Å². The largest absolute Gasteiger partial charge is 0.481 e. The van der Waals surface area contributed by atoms with Gasteiger partial charge in [0.05, 0.1) is 12.0 Å². The van der Waals surface area contributed by atoms with Gasteiger partial charge in [-0.15, -0.1) is 0 Å². The maximum atomic E-state index is 11.1. The fourth-order valence-electron chi connectivity index (χ4n) is 1.64. The number of hydrogen-bond acceptors (Lipinski definition) is 2. The van der Waals surface area contributed by atoms with Crippen LogP contribution in [0.3, 0.4) is 0 Å². The van der Waals surface area contributed by atoms with E-state index in [1.165, 1.54) is 0 Å². The molecule has 1 rings (SSSR count). The summed E-state index contributed by atoms with van der Waals surface area (Å²) in [5, 5.41) is 18.3. The minimum absolute atomic E-state index is 0.452. The lowest BCUT2D eigenvalue weighted by molar-refractivity contribution is -0.139. The number of carbonyl (C=O) groups is 1. The second-order valence-electron chi connectivity index (χ2n) is 4.23. The molecule has 0 amide bonds. The van der Waals surface area contributed by atoms with E-state index in [1.807, 2.05) is 31.2 Å². The van der Waals surface area contributed by atoms with Crippen molar-refractivity contribution in [2.45, 2.75) is 38.7 Å². The zero-order chi connectivity index (χ0) is 12.1. The summed E-state index contributed by atoms with van der Waals surface area (Å²) in [4.78, 5) is 11.1. The summed E-state index contributed by atoms with van der Waals surface area (Å²) >= 11 is 0. The molecular weight excluding hydrogens is 204 g/mol. The smallest absolute Gasteiger partial charge is 0.310 e. The number of aliphatic hydroxyl groups is 1. The molecule has 0 saturated carbocycles. The fraction of sp³-hybridized carbons (Fsp3) is 0.462. The van der Waals surface area contributed by atoms with E-state index in [0.29, 0.717) is 12.8 Å². The van der Waals surface area contributed by atoms with E-state index >= 15 is 0 Å². The van der Waals surface area contributed by atoms with Crippen LogP contribution in [0, 0.1) is 6.92 Å². The Bertz CT molecular complexity index is 341. The summed E-state index contributed by atoms with van der Waals surface area (Å²) in [5.74, 6) is -1.35. The zero-order valence-corrected chi connectivity index (χ0v) is 9.68. The molecule has 0 aromatic heterocycles. The standard InChI is InChI=1S/C13H18O3/c1-9-3-6-11(7-4-9)12(13(15)16)8-5-10(2)14/h3-4,6-7,10,12,14H,5,8H2,1-2H3,(H,15,16). The Morgan fingerprint density at radius 3 is 2.25 bits per heavy atom. The van der Waals surface area contributed by atoms with Gasteiger partial charge in [-0.3, -0.25) is 4.79 Å². The first kappa shape index (κ1) is 12.7. The molecule has 2 N–H and O–H groups in total. The second kappa shape index (κ2) is 5.66. The first-order valence-corrected chi connectivity index (χ1v) is 5.48. The Balaban J connectivity index is 2.77. The lowest BCUT2D eigenvalue weighted by atomic mass is 9.93. The van der Waals surface area contributed by atoms with Gasteiger partial charge in [-0.05, 0) is 32.3 Å². The summed E-state index contributed by atoms with van der Waals surface area (Å²) in [6.45, 7) is 3.64. The number of carboxylic acid groups (broad SMARTS) is 1. The summed E-state index contributed by atoms with van der Waals surface area (Å²) in [7, 11) is 0. The molecule has 0 aliphatic heterocycles. The van der Waals surface area contributed by atoms with Gasteiger partial charge in [-0.2, -0.15) is 0 Å². The van der Waals surface area contributed by atoms with Crippen molar-refractivity contribution in [3.8, 4) is 0 Å².